The van der Waals surface area contributed by atoms with Gasteiger partial charge in [-0.2, -0.15) is 0 Å². The van der Waals surface area contributed by atoms with E-state index in [9.17, 15) is 0 Å². The summed E-state index contributed by atoms with van der Waals surface area (Å²) in [7, 11) is 0. The Bertz CT molecular complexity index is 514. The van der Waals surface area contributed by atoms with Gasteiger partial charge in [0.05, 0.1) is 0 Å². The minimum absolute atomic E-state index is 0.542. The normalized spacial score (nSPS) is 10.9. The standard InChI is InChI=1S/C16H23N3/c1-4-5-9-17-16-18-10-11-19(16)15-8-6-7-14(12-15)13(2)3/h6-8,10-13H,4-5,9H2,1-3H3,(H,17,18). The van der Waals surface area contributed by atoms with Crippen LogP contribution < -0.4 is 5.32 Å². The van der Waals surface area contributed by atoms with Crippen molar-refractivity contribution in [2.75, 3.05) is 11.9 Å². The topological polar surface area (TPSA) is 29.9 Å². The lowest BCUT2D eigenvalue weighted by Gasteiger charge is -2.12. The lowest BCUT2D eigenvalue weighted by Crippen LogP contribution is -2.07. The second-order valence-corrected chi connectivity index (χ2v) is 5.15. The number of imidazole rings is 1. The minimum atomic E-state index is 0.542. The van der Waals surface area contributed by atoms with Crippen LogP contribution in [-0.2, 0) is 0 Å². The minimum Gasteiger partial charge on any atom is -0.355 e. The maximum atomic E-state index is 4.39. The van der Waals surface area contributed by atoms with Crippen LogP contribution >= 0.6 is 0 Å². The van der Waals surface area contributed by atoms with Crippen molar-refractivity contribution in [3.8, 4) is 5.69 Å². The third-order valence-electron chi connectivity index (χ3n) is 3.27. The van der Waals surface area contributed by atoms with Crippen molar-refractivity contribution in [1.82, 2.24) is 9.55 Å². The Morgan fingerprint density at radius 1 is 1.32 bits per heavy atom. The van der Waals surface area contributed by atoms with Crippen molar-refractivity contribution < 1.29 is 0 Å². The van der Waals surface area contributed by atoms with E-state index in [0.29, 0.717) is 5.92 Å². The Balaban J connectivity index is 2.21. The Morgan fingerprint density at radius 3 is 2.89 bits per heavy atom. The summed E-state index contributed by atoms with van der Waals surface area (Å²) in [5.41, 5.74) is 2.52. The van der Waals surface area contributed by atoms with Gasteiger partial charge < -0.3 is 5.32 Å². The van der Waals surface area contributed by atoms with E-state index in [1.165, 1.54) is 24.1 Å². The maximum absolute atomic E-state index is 4.39. The first kappa shape index (κ1) is 13.7. The van der Waals surface area contributed by atoms with Crippen molar-refractivity contribution in [3.63, 3.8) is 0 Å². The quantitative estimate of drug-likeness (QED) is 0.786. The molecule has 0 aliphatic carbocycles. The van der Waals surface area contributed by atoms with Crippen LogP contribution in [0.25, 0.3) is 5.69 Å². The summed E-state index contributed by atoms with van der Waals surface area (Å²) >= 11 is 0. The summed E-state index contributed by atoms with van der Waals surface area (Å²) in [4.78, 5) is 4.39. The Kier molecular flexibility index (Phi) is 4.61. The molecule has 0 saturated carbocycles. The van der Waals surface area contributed by atoms with Gasteiger partial charge in [-0.1, -0.05) is 39.3 Å². The average Bonchev–Trinajstić information content (AvgIpc) is 2.87. The molecule has 0 fully saturated rings. The van der Waals surface area contributed by atoms with Gasteiger partial charge in [-0.15, -0.1) is 0 Å². The highest BCUT2D eigenvalue weighted by atomic mass is 15.2. The van der Waals surface area contributed by atoms with Gasteiger partial charge in [0.2, 0.25) is 5.95 Å². The third-order valence-corrected chi connectivity index (χ3v) is 3.27. The first-order chi connectivity index (χ1) is 9.22. The van der Waals surface area contributed by atoms with E-state index in [-0.39, 0.29) is 0 Å². The number of rotatable bonds is 6. The largest absolute Gasteiger partial charge is 0.355 e. The van der Waals surface area contributed by atoms with Gasteiger partial charge in [0.1, 0.15) is 0 Å². The predicted octanol–water partition coefficient (Wildman–Crippen LogP) is 4.21. The van der Waals surface area contributed by atoms with E-state index >= 15 is 0 Å². The number of hydrogen-bond donors (Lipinski definition) is 1. The van der Waals surface area contributed by atoms with Crippen molar-refractivity contribution in [2.45, 2.75) is 39.5 Å². The maximum Gasteiger partial charge on any atom is 0.207 e. The molecule has 0 spiro atoms. The van der Waals surface area contributed by atoms with Crippen molar-refractivity contribution in [1.29, 1.82) is 0 Å². The second kappa shape index (κ2) is 6.41. The zero-order chi connectivity index (χ0) is 13.7. The van der Waals surface area contributed by atoms with E-state index < -0.39 is 0 Å². The molecule has 0 bridgehead atoms. The molecule has 0 aliphatic heterocycles. The smallest absolute Gasteiger partial charge is 0.207 e. The fourth-order valence-electron chi connectivity index (χ4n) is 2.05. The van der Waals surface area contributed by atoms with Gasteiger partial charge in [0, 0.05) is 24.6 Å². The molecular formula is C16H23N3. The molecule has 102 valence electrons. The molecule has 1 aromatic carbocycles. The van der Waals surface area contributed by atoms with Crippen LogP contribution in [0.2, 0.25) is 0 Å². The van der Waals surface area contributed by atoms with Gasteiger partial charge >= 0.3 is 0 Å². The zero-order valence-electron chi connectivity index (χ0n) is 12.1. The third kappa shape index (κ3) is 3.37. The van der Waals surface area contributed by atoms with Gasteiger partial charge in [0.25, 0.3) is 0 Å². The molecule has 1 heterocycles. The van der Waals surface area contributed by atoms with Gasteiger partial charge in [-0.25, -0.2) is 4.98 Å². The van der Waals surface area contributed by atoms with Gasteiger partial charge in [-0.3, -0.25) is 4.57 Å². The predicted molar refractivity (Wildman–Crippen MR) is 81.1 cm³/mol. The SMILES string of the molecule is CCCCNc1nccn1-c1cccc(C(C)C)c1. The monoisotopic (exact) mass is 257 g/mol. The fourth-order valence-corrected chi connectivity index (χ4v) is 2.05. The molecule has 1 N–H and O–H groups in total. The molecule has 1 aromatic heterocycles. The summed E-state index contributed by atoms with van der Waals surface area (Å²) in [6.07, 6.45) is 6.21. The van der Waals surface area contributed by atoms with Crippen molar-refractivity contribution >= 4 is 5.95 Å². The summed E-state index contributed by atoms with van der Waals surface area (Å²) in [6.45, 7) is 7.60. The lowest BCUT2D eigenvalue weighted by atomic mass is 10.0. The van der Waals surface area contributed by atoms with Crippen LogP contribution in [0.5, 0.6) is 0 Å². The van der Waals surface area contributed by atoms with E-state index in [2.05, 4.69) is 59.9 Å². The van der Waals surface area contributed by atoms with Crippen molar-refractivity contribution in [2.24, 2.45) is 0 Å². The number of benzene rings is 1. The van der Waals surface area contributed by atoms with E-state index in [1.807, 2.05) is 12.4 Å². The summed E-state index contributed by atoms with van der Waals surface area (Å²) in [5, 5.41) is 3.39. The van der Waals surface area contributed by atoms with Crippen molar-refractivity contribution in [3.05, 3.63) is 42.2 Å². The molecule has 0 aliphatic rings. The molecule has 2 rings (SSSR count). The molecule has 3 nitrogen and oxygen atoms in total. The summed E-state index contributed by atoms with van der Waals surface area (Å²) in [5.74, 6) is 1.47. The van der Waals surface area contributed by atoms with Crippen LogP contribution in [0.3, 0.4) is 0 Å². The van der Waals surface area contributed by atoms with Gasteiger partial charge in [-0.05, 0) is 30.0 Å². The highest BCUT2D eigenvalue weighted by Gasteiger charge is 2.06. The molecule has 2 aromatic rings. The molecule has 0 saturated heterocycles. The number of nitrogens with zero attached hydrogens (tertiary/aromatic N) is 2. The molecule has 0 unspecified atom stereocenters. The molecule has 3 heteroatoms. The van der Waals surface area contributed by atoms with Crippen LogP contribution in [0, 0.1) is 0 Å². The van der Waals surface area contributed by atoms with Crippen LogP contribution in [0.4, 0.5) is 5.95 Å². The van der Waals surface area contributed by atoms with Crippen LogP contribution in [0.1, 0.15) is 45.1 Å². The average molecular weight is 257 g/mol. The first-order valence-electron chi connectivity index (χ1n) is 7.10. The molecule has 0 radical (unpaired) electrons. The zero-order valence-corrected chi connectivity index (χ0v) is 12.1. The number of anilines is 1. The Labute approximate surface area is 115 Å². The second-order valence-electron chi connectivity index (χ2n) is 5.15. The highest BCUT2D eigenvalue weighted by Crippen LogP contribution is 2.20. The Morgan fingerprint density at radius 2 is 2.16 bits per heavy atom. The van der Waals surface area contributed by atoms with E-state index in [4.69, 9.17) is 0 Å². The number of nitrogens with one attached hydrogen (secondary N) is 1. The number of hydrogen-bond acceptors (Lipinski definition) is 2. The first-order valence-corrected chi connectivity index (χ1v) is 7.10. The lowest BCUT2D eigenvalue weighted by molar-refractivity contribution is 0.822. The van der Waals surface area contributed by atoms with Crippen LogP contribution in [0.15, 0.2) is 36.7 Å². The Hall–Kier alpha value is -1.77. The van der Waals surface area contributed by atoms with E-state index in [0.717, 1.165) is 12.5 Å². The van der Waals surface area contributed by atoms with Crippen LogP contribution in [-0.4, -0.2) is 16.1 Å². The number of aromatic nitrogens is 2. The molecule has 0 amide bonds. The molecular weight excluding hydrogens is 234 g/mol. The van der Waals surface area contributed by atoms with E-state index in [1.54, 1.807) is 0 Å². The van der Waals surface area contributed by atoms with Gasteiger partial charge in [0.15, 0.2) is 0 Å². The molecule has 0 atom stereocenters. The summed E-state index contributed by atoms with van der Waals surface area (Å²) in [6, 6.07) is 8.64. The highest BCUT2D eigenvalue weighted by molar-refractivity contribution is 5.44. The fraction of sp³-hybridized carbons (Fsp3) is 0.438. The summed E-state index contributed by atoms with van der Waals surface area (Å²) < 4.78 is 2.11. The molecule has 19 heavy (non-hydrogen) atoms. The number of unbranched alkanes of at least 4 members (excludes halogenated alkanes) is 1.